The van der Waals surface area contributed by atoms with Gasteiger partial charge in [0.05, 0.1) is 22.5 Å². The lowest BCUT2D eigenvalue weighted by Gasteiger charge is -2.36. The minimum atomic E-state index is -1.50. The Balaban J connectivity index is 0.975. The second-order valence-corrected chi connectivity index (χ2v) is 23.6. The molecule has 0 atom stereocenters. The monoisotopic (exact) mass is 1080 g/mol. The van der Waals surface area contributed by atoms with E-state index in [1.54, 1.807) is 0 Å². The average Bonchev–Trinajstić information content (AvgIpc) is 3.75. The number of hydrogen-bond donors (Lipinski definition) is 0. The normalized spacial score (nSPS) is 13.1. The Morgan fingerprint density at radius 2 is 1.00 bits per heavy atom. The molecular formula is C67H44BINOSSi+. The fourth-order valence-electron chi connectivity index (χ4n) is 12.0. The van der Waals surface area contributed by atoms with Gasteiger partial charge in [-0.2, -0.15) is 0 Å². The second-order valence-electron chi connectivity index (χ2n) is 19.0. The van der Waals surface area contributed by atoms with Crippen molar-refractivity contribution in [1.29, 1.82) is 0 Å². The van der Waals surface area contributed by atoms with Gasteiger partial charge in [-0.05, 0) is 157 Å². The summed E-state index contributed by atoms with van der Waals surface area (Å²) in [5.74, 6) is 1.86. The molecule has 11 aromatic rings. The molecule has 3 aliphatic rings. The summed E-state index contributed by atoms with van der Waals surface area (Å²) in [4.78, 5) is 5.07. The summed E-state index contributed by atoms with van der Waals surface area (Å²) in [7, 11) is -1.50. The Hall–Kier alpha value is -7.62. The van der Waals surface area contributed by atoms with Crippen LogP contribution in [-0.2, 0) is 5.41 Å². The van der Waals surface area contributed by atoms with Gasteiger partial charge in [0, 0.05) is 13.4 Å². The number of nitrogens with zero attached hydrogens (tertiary/aromatic N) is 1. The van der Waals surface area contributed by atoms with Gasteiger partial charge in [0.1, 0.15) is 27.1 Å². The zero-order valence-electron chi connectivity index (χ0n) is 39.6. The predicted octanol–water partition coefficient (Wildman–Crippen LogP) is 13.4. The molecule has 2 heterocycles. The molecule has 6 heteroatoms. The summed E-state index contributed by atoms with van der Waals surface area (Å²) < 4.78 is 7.78. The summed E-state index contributed by atoms with van der Waals surface area (Å²) in [6.45, 7) is 0.0315. The molecule has 0 amide bonds. The molecule has 0 fully saturated rings. The number of hydrogen-bond acceptors (Lipinski definition) is 3. The molecule has 0 saturated carbocycles. The molecule has 0 bridgehead atoms. The highest BCUT2D eigenvalue weighted by Gasteiger charge is 2.47. The lowest BCUT2D eigenvalue weighted by Crippen LogP contribution is -2.57. The minimum absolute atomic E-state index is 0.0315. The van der Waals surface area contributed by atoms with Crippen molar-refractivity contribution in [2.75, 3.05) is 4.90 Å². The number of ether oxygens (including phenoxy) is 1. The Kier molecular flexibility index (Phi) is 11.0. The third kappa shape index (κ3) is 7.14. The molecule has 1 aliphatic carbocycles. The third-order valence-corrected chi connectivity index (χ3v) is 19.9. The van der Waals surface area contributed by atoms with Crippen LogP contribution in [0.15, 0.2) is 277 Å². The van der Waals surface area contributed by atoms with E-state index in [9.17, 15) is 0 Å². The van der Waals surface area contributed by atoms with Crippen molar-refractivity contribution in [3.05, 3.63) is 293 Å². The van der Waals surface area contributed by atoms with Gasteiger partial charge in [-0.15, -0.1) is 0 Å². The van der Waals surface area contributed by atoms with Crippen molar-refractivity contribution in [2.45, 2.75) is 15.2 Å². The van der Waals surface area contributed by atoms with Crippen LogP contribution in [0.5, 0.6) is 11.5 Å². The molecule has 0 spiro atoms. The van der Waals surface area contributed by atoms with Gasteiger partial charge < -0.3 is 9.64 Å². The fraction of sp³-hybridized carbons (Fsp3) is 0.0149. The fourth-order valence-corrected chi connectivity index (χ4v) is 16.8. The van der Waals surface area contributed by atoms with Gasteiger partial charge in [-0.3, -0.25) is 0 Å². The molecule has 73 heavy (non-hydrogen) atoms. The lowest BCUT2D eigenvalue weighted by atomic mass is 9.35. The van der Waals surface area contributed by atoms with Crippen molar-refractivity contribution in [3.63, 3.8) is 0 Å². The van der Waals surface area contributed by atoms with Crippen LogP contribution in [0, 0.1) is 3.57 Å². The van der Waals surface area contributed by atoms with Crippen LogP contribution in [0.2, 0.25) is 0 Å². The standard InChI is InChI=1S/C67H44BINOSSi/c69-57-44-46(45-39-41-52-51-29-13-14-30-53(51)67(54(52)43-45,47-21-5-1-6-22-47)48-23-7-2-8-24-48)40-42-58(57)70(59-33-16-18-38-64(59)73(49-25-9-3-10-26-49)50-27-11-4-12-28-50)60-34-19-32-56-66(60)72-63-37-20-36-62-65(63)68(56)55-31-15-17-35-61(55)71-62/h1-44H/q+1. The van der Waals surface area contributed by atoms with Crippen LogP contribution in [-0.4, -0.2) is 15.5 Å². The Labute approximate surface area is 446 Å². The first kappa shape index (κ1) is 44.1. The maximum absolute atomic E-state index is 6.62. The van der Waals surface area contributed by atoms with E-state index < -0.39 is 14.2 Å². The topological polar surface area (TPSA) is 12.5 Å². The number of para-hydroxylation sites is 2. The third-order valence-electron chi connectivity index (χ3n) is 15.1. The van der Waals surface area contributed by atoms with Crippen molar-refractivity contribution in [2.24, 2.45) is 0 Å². The SMILES string of the molecule is Ic1cc(-c2ccc3c(c2)C(c2ccccc2)(c2ccccc2)c2ccccc2-3)ccc1N(c1ccccc1[Si+](c1ccccc1)c1ccccc1)c1cccc2c1Sc1cccc3c1B2c1ccccc1O3. The smallest absolute Gasteiger partial charge is 0.430 e. The zero-order valence-corrected chi connectivity index (χ0v) is 43.6. The van der Waals surface area contributed by atoms with Gasteiger partial charge in [-0.25, -0.2) is 0 Å². The van der Waals surface area contributed by atoms with Crippen LogP contribution >= 0.6 is 34.4 Å². The van der Waals surface area contributed by atoms with Crippen LogP contribution in [0.4, 0.5) is 17.1 Å². The Bertz CT molecular complexity index is 3830. The zero-order chi connectivity index (χ0) is 48.5. The number of benzene rings is 11. The summed E-state index contributed by atoms with van der Waals surface area (Å²) in [6.07, 6.45) is 0. The summed E-state index contributed by atoms with van der Waals surface area (Å²) in [6, 6.07) is 99.0. The van der Waals surface area contributed by atoms with Crippen LogP contribution in [0.1, 0.15) is 22.3 Å². The van der Waals surface area contributed by atoms with Gasteiger partial charge >= 0.3 is 8.80 Å². The first-order valence-electron chi connectivity index (χ1n) is 24.9. The van der Waals surface area contributed by atoms with E-state index in [1.807, 2.05) is 11.8 Å². The van der Waals surface area contributed by atoms with E-state index in [-0.39, 0.29) is 6.71 Å². The minimum Gasteiger partial charge on any atom is -0.458 e. The predicted molar refractivity (Wildman–Crippen MR) is 316 cm³/mol. The number of anilines is 3. The van der Waals surface area contributed by atoms with E-state index in [4.69, 9.17) is 4.74 Å². The molecule has 2 nitrogen and oxygen atoms in total. The van der Waals surface area contributed by atoms with E-state index >= 15 is 0 Å². The van der Waals surface area contributed by atoms with Crippen LogP contribution < -0.4 is 41.6 Å². The molecule has 11 aromatic carbocycles. The van der Waals surface area contributed by atoms with E-state index in [2.05, 4.69) is 294 Å². The van der Waals surface area contributed by atoms with Gasteiger partial charge in [0.2, 0.25) is 0 Å². The molecule has 0 aromatic heterocycles. The molecule has 14 rings (SSSR count). The highest BCUT2D eigenvalue weighted by molar-refractivity contribution is 14.1. The van der Waals surface area contributed by atoms with Crippen molar-refractivity contribution in [3.8, 4) is 33.8 Å². The molecule has 0 unspecified atom stereocenters. The van der Waals surface area contributed by atoms with Gasteiger partial charge in [0.25, 0.3) is 6.71 Å². The highest BCUT2D eigenvalue weighted by Crippen LogP contribution is 2.57. The molecular weight excluding hydrogens is 1030 g/mol. The summed E-state index contributed by atoms with van der Waals surface area (Å²) >= 11 is 4.49. The lowest BCUT2D eigenvalue weighted by molar-refractivity contribution is 0.486. The molecule has 2 aliphatic heterocycles. The van der Waals surface area contributed by atoms with E-state index in [0.717, 1.165) is 26.4 Å². The Morgan fingerprint density at radius 1 is 0.438 bits per heavy atom. The molecule has 0 radical (unpaired) electrons. The van der Waals surface area contributed by atoms with Crippen LogP contribution in [0.3, 0.4) is 0 Å². The van der Waals surface area contributed by atoms with Gasteiger partial charge in [0.15, 0.2) is 0 Å². The van der Waals surface area contributed by atoms with Crippen LogP contribution in [0.25, 0.3) is 22.3 Å². The number of rotatable bonds is 9. The second kappa shape index (κ2) is 18.1. The quantitative estimate of drug-likeness (QED) is 0.0812. The Morgan fingerprint density at radius 3 is 1.74 bits per heavy atom. The largest absolute Gasteiger partial charge is 0.458 e. The van der Waals surface area contributed by atoms with Crippen molar-refractivity contribution in [1.82, 2.24) is 0 Å². The molecule has 0 N–H and O–H groups in total. The summed E-state index contributed by atoms with van der Waals surface area (Å²) in [5.41, 5.74) is 16.8. The highest BCUT2D eigenvalue weighted by atomic mass is 127. The van der Waals surface area contributed by atoms with Gasteiger partial charge in [-0.1, -0.05) is 205 Å². The van der Waals surface area contributed by atoms with E-state index in [1.165, 1.54) is 91.9 Å². The number of fused-ring (bicyclic) bond motifs is 7. The number of halogens is 1. The van der Waals surface area contributed by atoms with Crippen molar-refractivity contribution >= 4 is 98.9 Å². The van der Waals surface area contributed by atoms with Crippen molar-refractivity contribution < 1.29 is 4.74 Å². The molecule has 342 valence electrons. The first-order valence-corrected chi connectivity index (χ1v) is 28.3. The maximum atomic E-state index is 6.62. The van der Waals surface area contributed by atoms with E-state index in [0.29, 0.717) is 0 Å². The first-order chi connectivity index (χ1) is 36.1. The average molecular weight is 1080 g/mol. The summed E-state index contributed by atoms with van der Waals surface area (Å²) in [5, 5.41) is 4.03. The maximum Gasteiger partial charge on any atom is 0.430 e. The molecule has 0 saturated heterocycles.